The quantitative estimate of drug-likeness (QED) is 0.614. The molecule has 0 atom stereocenters. The van der Waals surface area contributed by atoms with Crippen LogP contribution in [0.25, 0.3) is 0 Å². The third-order valence-corrected chi connectivity index (χ3v) is 4.93. The summed E-state index contributed by atoms with van der Waals surface area (Å²) in [5, 5.41) is 0. The van der Waals surface area contributed by atoms with Gasteiger partial charge in [-0.1, -0.05) is 18.6 Å². The Balaban J connectivity index is 2.18. The van der Waals surface area contributed by atoms with Gasteiger partial charge in [-0.05, 0) is 53.9 Å². The number of hydrogen-bond acceptors (Lipinski definition) is 4. The maximum atomic E-state index is 12.6. The molecule has 1 aliphatic carbocycles. The summed E-state index contributed by atoms with van der Waals surface area (Å²) in [6.07, 6.45) is 6.52. The summed E-state index contributed by atoms with van der Waals surface area (Å²) in [6, 6.07) is 0. The smallest absolute Gasteiger partial charge is 0.410 e. The average molecular weight is 363 g/mol. The lowest BCUT2D eigenvalue weighted by Gasteiger charge is -2.43. The van der Waals surface area contributed by atoms with E-state index in [0.717, 1.165) is 31.6 Å². The Morgan fingerprint density at radius 3 is 2.46 bits per heavy atom. The predicted molar refractivity (Wildman–Crippen MR) is 106 cm³/mol. The summed E-state index contributed by atoms with van der Waals surface area (Å²) in [4.78, 5) is 21.4. The minimum absolute atomic E-state index is 0.140. The highest BCUT2D eigenvalue weighted by Crippen LogP contribution is 2.45. The number of rotatable bonds is 3. The van der Waals surface area contributed by atoms with Crippen molar-refractivity contribution in [3.05, 3.63) is 23.5 Å². The van der Waals surface area contributed by atoms with Gasteiger partial charge in [0, 0.05) is 25.8 Å². The fourth-order valence-corrected chi connectivity index (χ4v) is 3.06. The lowest BCUT2D eigenvalue weighted by Crippen LogP contribution is -2.59. The van der Waals surface area contributed by atoms with E-state index in [2.05, 4.69) is 23.7 Å². The Hall–Kier alpha value is -1.98. The van der Waals surface area contributed by atoms with E-state index in [1.165, 1.54) is 5.57 Å². The zero-order valence-corrected chi connectivity index (χ0v) is 17.1. The first kappa shape index (κ1) is 20.3. The van der Waals surface area contributed by atoms with E-state index in [9.17, 15) is 4.79 Å². The molecule has 2 N–H and O–H groups in total. The van der Waals surface area contributed by atoms with Gasteiger partial charge in [0.25, 0.3) is 0 Å². The molecular weight excluding hydrogens is 328 g/mol. The molecule has 0 aromatic heterocycles. The summed E-state index contributed by atoms with van der Waals surface area (Å²) in [6.45, 7) is 13.9. The standard InChI is InChI=1S/C20H34N4O2/c1-7-15(3)13-22-17(16(21)8-2)23-11-12-24(20(14-23)9-10-20)18(25)26-19(4,5)6/h8,13H,7,9-12,14,21H2,1-6H3/b15-13+,16-8+,22-17-. The highest BCUT2D eigenvalue weighted by Gasteiger charge is 2.54. The number of ether oxygens (including phenoxy) is 1. The van der Waals surface area contributed by atoms with Gasteiger partial charge in [-0.15, -0.1) is 0 Å². The molecule has 0 aromatic carbocycles. The third-order valence-electron chi connectivity index (χ3n) is 4.93. The first-order valence-electron chi connectivity index (χ1n) is 9.53. The molecule has 1 saturated heterocycles. The monoisotopic (exact) mass is 362 g/mol. The van der Waals surface area contributed by atoms with Crippen LogP contribution in [0.15, 0.2) is 28.5 Å². The lowest BCUT2D eigenvalue weighted by atomic mass is 10.1. The van der Waals surface area contributed by atoms with Crippen LogP contribution in [-0.4, -0.2) is 52.5 Å². The normalized spacial score (nSPS) is 21.2. The van der Waals surface area contributed by atoms with E-state index < -0.39 is 5.60 Å². The van der Waals surface area contributed by atoms with Crippen molar-refractivity contribution in [2.75, 3.05) is 19.6 Å². The van der Waals surface area contributed by atoms with Gasteiger partial charge in [-0.2, -0.15) is 0 Å². The van der Waals surface area contributed by atoms with Crippen molar-refractivity contribution in [3.8, 4) is 0 Å². The highest BCUT2D eigenvalue weighted by molar-refractivity contribution is 5.98. The van der Waals surface area contributed by atoms with Gasteiger partial charge in [0.2, 0.25) is 0 Å². The molecule has 0 bridgehead atoms. The second-order valence-corrected chi connectivity index (χ2v) is 8.30. The molecular formula is C20H34N4O2. The van der Waals surface area contributed by atoms with E-state index in [-0.39, 0.29) is 11.6 Å². The summed E-state index contributed by atoms with van der Waals surface area (Å²) >= 11 is 0. The Morgan fingerprint density at radius 1 is 1.31 bits per heavy atom. The maximum absolute atomic E-state index is 12.6. The molecule has 1 heterocycles. The molecule has 6 nitrogen and oxygen atoms in total. The number of carbonyl (C=O) groups is 1. The number of nitrogens with two attached hydrogens (primary N) is 1. The van der Waals surface area contributed by atoms with Crippen molar-refractivity contribution < 1.29 is 9.53 Å². The Morgan fingerprint density at radius 2 is 1.96 bits per heavy atom. The minimum atomic E-state index is -0.477. The molecule has 2 aliphatic rings. The maximum Gasteiger partial charge on any atom is 0.410 e. The van der Waals surface area contributed by atoms with E-state index in [1.807, 2.05) is 44.9 Å². The summed E-state index contributed by atoms with van der Waals surface area (Å²) < 4.78 is 5.60. The topological polar surface area (TPSA) is 71.2 Å². The van der Waals surface area contributed by atoms with E-state index in [4.69, 9.17) is 10.5 Å². The van der Waals surface area contributed by atoms with E-state index >= 15 is 0 Å². The minimum Gasteiger partial charge on any atom is -0.444 e. The van der Waals surface area contributed by atoms with Crippen molar-refractivity contribution in [2.24, 2.45) is 10.7 Å². The first-order chi connectivity index (χ1) is 12.1. The van der Waals surface area contributed by atoms with Crippen LogP contribution in [-0.2, 0) is 4.74 Å². The fraction of sp³-hybridized carbons (Fsp3) is 0.700. The van der Waals surface area contributed by atoms with Crippen LogP contribution < -0.4 is 5.73 Å². The number of aliphatic imine (C=N–C) groups is 1. The van der Waals surface area contributed by atoms with Crippen LogP contribution in [0.4, 0.5) is 4.79 Å². The third kappa shape index (κ3) is 4.80. The van der Waals surface area contributed by atoms with Gasteiger partial charge in [-0.3, -0.25) is 4.90 Å². The van der Waals surface area contributed by atoms with Crippen LogP contribution in [0, 0.1) is 0 Å². The highest BCUT2D eigenvalue weighted by atomic mass is 16.6. The van der Waals surface area contributed by atoms with Crippen molar-refractivity contribution >= 4 is 11.9 Å². The molecule has 2 rings (SSSR count). The summed E-state index contributed by atoms with van der Waals surface area (Å²) in [7, 11) is 0. The van der Waals surface area contributed by atoms with Gasteiger partial charge in [-0.25, -0.2) is 9.79 Å². The zero-order chi connectivity index (χ0) is 19.5. The lowest BCUT2D eigenvalue weighted by molar-refractivity contribution is 0.000599. The number of amidine groups is 1. The van der Waals surface area contributed by atoms with E-state index in [1.54, 1.807) is 0 Å². The first-order valence-corrected chi connectivity index (χ1v) is 9.53. The Bertz CT molecular complexity index is 624. The Labute approximate surface area is 157 Å². The molecule has 2 fully saturated rings. The molecule has 0 aromatic rings. The van der Waals surface area contributed by atoms with Gasteiger partial charge >= 0.3 is 6.09 Å². The van der Waals surface area contributed by atoms with Crippen molar-refractivity contribution in [2.45, 2.75) is 71.9 Å². The van der Waals surface area contributed by atoms with Crippen LogP contribution in [0.5, 0.6) is 0 Å². The molecule has 6 heteroatoms. The summed E-state index contributed by atoms with van der Waals surface area (Å²) in [5.41, 5.74) is 7.48. The second kappa shape index (κ2) is 7.72. The average Bonchev–Trinajstić information content (AvgIpc) is 3.32. The number of allylic oxidation sites excluding steroid dienone is 2. The van der Waals surface area contributed by atoms with Gasteiger partial charge in [0.1, 0.15) is 5.60 Å². The SMILES string of the molecule is C\C=C(N)/C(=N/C=C(\C)CC)N1CCN(C(=O)OC(C)(C)C)C2(CC2)C1. The molecule has 1 saturated carbocycles. The van der Waals surface area contributed by atoms with Crippen LogP contribution in [0.3, 0.4) is 0 Å². The van der Waals surface area contributed by atoms with Gasteiger partial charge in [0.15, 0.2) is 5.84 Å². The fourth-order valence-electron chi connectivity index (χ4n) is 3.06. The molecule has 1 aliphatic heterocycles. The van der Waals surface area contributed by atoms with Crippen molar-refractivity contribution in [1.82, 2.24) is 9.80 Å². The molecule has 26 heavy (non-hydrogen) atoms. The number of piperazine rings is 1. The van der Waals surface area contributed by atoms with E-state index in [0.29, 0.717) is 18.8 Å². The zero-order valence-electron chi connectivity index (χ0n) is 17.1. The largest absolute Gasteiger partial charge is 0.444 e. The molecule has 146 valence electrons. The molecule has 0 radical (unpaired) electrons. The number of carbonyl (C=O) groups excluding carboxylic acids is 1. The van der Waals surface area contributed by atoms with Crippen LogP contribution in [0.2, 0.25) is 0 Å². The van der Waals surface area contributed by atoms with Crippen molar-refractivity contribution in [1.29, 1.82) is 0 Å². The number of nitrogens with zero attached hydrogens (tertiary/aromatic N) is 3. The molecule has 0 unspecified atom stereocenters. The van der Waals surface area contributed by atoms with Crippen LogP contribution in [0.1, 0.15) is 60.8 Å². The molecule has 1 spiro atoms. The van der Waals surface area contributed by atoms with Gasteiger partial charge < -0.3 is 15.4 Å². The number of hydrogen-bond donors (Lipinski definition) is 1. The van der Waals surface area contributed by atoms with Gasteiger partial charge in [0.05, 0.1) is 11.2 Å². The number of amides is 1. The Kier molecular flexibility index (Phi) is 6.04. The summed E-state index contributed by atoms with van der Waals surface area (Å²) in [5.74, 6) is 0.801. The molecule has 1 amide bonds. The van der Waals surface area contributed by atoms with Crippen LogP contribution >= 0.6 is 0 Å². The predicted octanol–water partition coefficient (Wildman–Crippen LogP) is 3.65. The van der Waals surface area contributed by atoms with Crippen molar-refractivity contribution in [3.63, 3.8) is 0 Å². The second-order valence-electron chi connectivity index (χ2n) is 8.30.